The van der Waals surface area contributed by atoms with E-state index in [4.69, 9.17) is 9.57 Å². The molecule has 1 N–H and O–H groups in total. The molecule has 80 valence electrons. The van der Waals surface area contributed by atoms with Crippen molar-refractivity contribution in [2.45, 2.75) is 0 Å². The highest BCUT2D eigenvalue weighted by molar-refractivity contribution is 7.44. The lowest BCUT2D eigenvalue weighted by Crippen LogP contribution is -1.99. The molecule has 0 aliphatic carbocycles. The molecule has 0 amide bonds. The van der Waals surface area contributed by atoms with Crippen LogP contribution in [0.25, 0.3) is 0 Å². The highest BCUT2D eigenvalue weighted by atomic mass is 31.1. The second-order valence-electron chi connectivity index (χ2n) is 2.55. The van der Waals surface area contributed by atoms with E-state index in [0.29, 0.717) is 22.8 Å². The Morgan fingerprint density at radius 1 is 1.40 bits per heavy atom. The quantitative estimate of drug-likeness (QED) is 0.924. The minimum atomic E-state index is 0.428. The van der Waals surface area contributed by atoms with Gasteiger partial charge in [-0.3, -0.25) is 0 Å². The molecule has 1 aromatic carbocycles. The first-order chi connectivity index (χ1) is 7.40. The number of aromatic nitrogens is 3. The van der Waals surface area contributed by atoms with Crippen LogP contribution in [0.5, 0.6) is 11.5 Å². The summed E-state index contributed by atoms with van der Waals surface area (Å²) in [6.07, 6.45) is 0. The van der Waals surface area contributed by atoms with Gasteiger partial charge in [0.25, 0.3) is 0 Å². The second-order valence-corrected chi connectivity index (χ2v) is 6.13. The van der Waals surface area contributed by atoms with E-state index in [9.17, 15) is 0 Å². The van der Waals surface area contributed by atoms with E-state index in [1.165, 1.54) is 0 Å². The SMILES string of the molecule is COc1ccccc1On1pn[pH][nH][pH]1. The first-order valence-electron chi connectivity index (χ1n) is 4.17. The Kier molecular flexibility index (Phi) is 3.74. The van der Waals surface area contributed by atoms with Gasteiger partial charge in [0.2, 0.25) is 0 Å². The van der Waals surface area contributed by atoms with Crippen molar-refractivity contribution in [3.8, 4) is 11.5 Å². The van der Waals surface area contributed by atoms with Gasteiger partial charge in [0.1, 0.15) is 0 Å². The minimum Gasteiger partial charge on any atom is -0.493 e. The van der Waals surface area contributed by atoms with Gasteiger partial charge in [-0.25, -0.2) is 0 Å². The van der Waals surface area contributed by atoms with Gasteiger partial charge >= 0.3 is 0 Å². The fourth-order valence-corrected chi connectivity index (χ4v) is 4.05. The van der Waals surface area contributed by atoms with Crippen molar-refractivity contribution in [1.82, 2.24) is 13.3 Å². The highest BCUT2D eigenvalue weighted by Crippen LogP contribution is 2.27. The summed E-state index contributed by atoms with van der Waals surface area (Å²) in [6.45, 7) is 0. The lowest BCUT2D eigenvalue weighted by atomic mass is 10.3. The average Bonchev–Trinajstić information content (AvgIpc) is 2.31. The van der Waals surface area contributed by atoms with Crippen LogP contribution in [0.4, 0.5) is 0 Å². The number of hydrogen-bond acceptors (Lipinski definition) is 3. The van der Waals surface area contributed by atoms with Gasteiger partial charge in [-0.1, -0.05) is 12.1 Å². The van der Waals surface area contributed by atoms with Crippen LogP contribution in [0.15, 0.2) is 24.3 Å². The number of nitrogens with zero attached hydrogens (tertiary/aromatic N) is 2. The number of rotatable bonds is 3. The molecule has 2 atom stereocenters. The summed E-state index contributed by atoms with van der Waals surface area (Å²) in [6, 6.07) is 7.56. The third-order valence-electron chi connectivity index (χ3n) is 1.64. The second kappa shape index (κ2) is 5.27. The molecule has 0 radical (unpaired) electrons. The zero-order valence-electron chi connectivity index (χ0n) is 7.97. The van der Waals surface area contributed by atoms with Crippen molar-refractivity contribution in [3.63, 3.8) is 0 Å². The van der Waals surface area contributed by atoms with Crippen LogP contribution in [0.3, 0.4) is 0 Å². The molecular formula is C7H10N3O2P3. The van der Waals surface area contributed by atoms with Crippen molar-refractivity contribution in [2.75, 3.05) is 7.11 Å². The van der Waals surface area contributed by atoms with Crippen LogP contribution in [0.1, 0.15) is 0 Å². The smallest absolute Gasteiger partial charge is 0.198 e. The average molecular weight is 261 g/mol. The third-order valence-corrected chi connectivity index (χ3v) is 4.38. The first kappa shape index (κ1) is 10.6. The molecule has 1 heterocycles. The molecule has 2 aromatic rings. The van der Waals surface area contributed by atoms with Crippen molar-refractivity contribution in [3.05, 3.63) is 24.3 Å². The van der Waals surface area contributed by atoms with Crippen LogP contribution in [-0.4, -0.2) is 20.4 Å². The molecule has 15 heavy (non-hydrogen) atoms. The van der Waals surface area contributed by atoms with Crippen molar-refractivity contribution in [2.24, 2.45) is 0 Å². The largest absolute Gasteiger partial charge is 0.493 e. The van der Waals surface area contributed by atoms with E-state index in [1.807, 2.05) is 24.3 Å². The van der Waals surface area contributed by atoms with Gasteiger partial charge < -0.3 is 14.1 Å². The summed E-state index contributed by atoms with van der Waals surface area (Å²) in [7, 11) is 3.36. The summed E-state index contributed by atoms with van der Waals surface area (Å²) >= 11 is 0. The monoisotopic (exact) mass is 261 g/mol. The van der Waals surface area contributed by atoms with Gasteiger partial charge in [0.05, 0.1) is 15.6 Å². The van der Waals surface area contributed by atoms with E-state index in [1.54, 1.807) is 11.4 Å². The standard InChI is InChI=1S/C7H10N3O2P3/c1-11-6-4-2-3-5-7(6)12-10-14-8-13-9-15-10/h2-5,8,13-14H,1H3. The number of H-pyrrole nitrogens is 1. The molecule has 5 nitrogen and oxygen atoms in total. The predicted molar refractivity (Wildman–Crippen MR) is 64.7 cm³/mol. The minimum absolute atomic E-state index is 0.428. The van der Waals surface area contributed by atoms with Gasteiger partial charge in [-0.05, 0) is 12.1 Å². The molecule has 0 fully saturated rings. The molecule has 0 spiro atoms. The topological polar surface area (TPSA) is 52.1 Å². The predicted octanol–water partition coefficient (Wildman–Crippen LogP) is 2.83. The first-order valence-corrected chi connectivity index (χ1v) is 6.87. The Bertz CT molecular complexity index is 443. The molecule has 0 saturated carbocycles. The van der Waals surface area contributed by atoms with Crippen LogP contribution < -0.4 is 9.57 Å². The van der Waals surface area contributed by atoms with Crippen LogP contribution in [0.2, 0.25) is 0 Å². The van der Waals surface area contributed by atoms with Crippen LogP contribution in [-0.2, 0) is 0 Å². The summed E-state index contributed by atoms with van der Waals surface area (Å²) < 4.78 is 14.2. The maximum absolute atomic E-state index is 5.63. The maximum Gasteiger partial charge on any atom is 0.198 e. The number of aromatic amines is 1. The Hall–Kier alpha value is -0.880. The van der Waals surface area contributed by atoms with Gasteiger partial charge in [-0.2, -0.15) is 4.51 Å². The van der Waals surface area contributed by atoms with Gasteiger partial charge in [0, 0.05) is 8.51 Å². The zero-order chi connectivity index (χ0) is 10.5. The van der Waals surface area contributed by atoms with E-state index < -0.39 is 0 Å². The highest BCUT2D eigenvalue weighted by Gasteiger charge is 2.02. The van der Waals surface area contributed by atoms with E-state index in [0.717, 1.165) is 14.3 Å². The van der Waals surface area contributed by atoms with Crippen LogP contribution in [0, 0.1) is 0 Å². The number of hydrogen-bond donors (Lipinski definition) is 1. The fourth-order valence-electron chi connectivity index (χ4n) is 1.01. The lowest BCUT2D eigenvalue weighted by molar-refractivity contribution is 0.259. The molecule has 1 aromatic heterocycles. The molecule has 0 aliphatic heterocycles. The Balaban J connectivity index is 2.24. The summed E-state index contributed by atoms with van der Waals surface area (Å²) in [5, 5.41) is 0. The molecular weight excluding hydrogens is 251 g/mol. The Morgan fingerprint density at radius 2 is 2.20 bits per heavy atom. The molecule has 2 rings (SSSR count). The van der Waals surface area contributed by atoms with E-state index in [-0.39, 0.29) is 0 Å². The normalized spacial score (nSPS) is 11.3. The molecule has 0 aliphatic rings. The number of ether oxygens (including phenoxy) is 1. The molecule has 8 heteroatoms. The van der Waals surface area contributed by atoms with Gasteiger partial charge in [0.15, 0.2) is 20.0 Å². The number of para-hydroxylation sites is 2. The van der Waals surface area contributed by atoms with Crippen LogP contribution >= 0.6 is 25.5 Å². The Morgan fingerprint density at radius 3 is 2.87 bits per heavy atom. The zero-order valence-corrected chi connectivity index (χ0v) is 10.9. The Labute approximate surface area is 91.7 Å². The fraction of sp³-hybridized carbons (Fsp3) is 0.143. The van der Waals surface area contributed by atoms with Crippen molar-refractivity contribution in [1.29, 1.82) is 0 Å². The van der Waals surface area contributed by atoms with E-state index in [2.05, 4.69) is 9.02 Å². The lowest BCUT2D eigenvalue weighted by Gasteiger charge is -2.09. The van der Waals surface area contributed by atoms with Crippen molar-refractivity contribution >= 4 is 25.5 Å². The summed E-state index contributed by atoms with van der Waals surface area (Å²) in [4.78, 5) is 5.63. The third kappa shape index (κ3) is 2.79. The number of nitrogens with one attached hydrogen (secondary N) is 1. The van der Waals surface area contributed by atoms with E-state index >= 15 is 0 Å². The van der Waals surface area contributed by atoms with Gasteiger partial charge in [-0.15, -0.1) is 4.26 Å². The molecule has 0 bridgehead atoms. The summed E-state index contributed by atoms with van der Waals surface area (Å²) in [5.41, 5.74) is 0. The summed E-state index contributed by atoms with van der Waals surface area (Å²) in [5.74, 6) is 1.44. The molecule has 2 unspecified atom stereocenters. The number of benzene rings is 1. The maximum atomic E-state index is 5.63. The molecule has 0 saturated heterocycles. The van der Waals surface area contributed by atoms with Crippen molar-refractivity contribution < 1.29 is 9.57 Å². The number of methoxy groups -OCH3 is 1.